The molecule has 2 amide bonds. The SMILES string of the molecule is CC(C)(CNC(=O)N1CSCC1C(=O)O)c1cccs1. The van der Waals surface area contributed by atoms with Gasteiger partial charge in [0.1, 0.15) is 6.04 Å². The highest BCUT2D eigenvalue weighted by Crippen LogP contribution is 2.27. The maximum atomic E-state index is 12.1. The fourth-order valence-corrected chi connectivity index (χ4v) is 3.99. The van der Waals surface area contributed by atoms with Crippen LogP contribution in [0.25, 0.3) is 0 Å². The van der Waals surface area contributed by atoms with E-state index in [1.165, 1.54) is 21.5 Å². The summed E-state index contributed by atoms with van der Waals surface area (Å²) in [4.78, 5) is 25.8. The number of nitrogens with zero attached hydrogens (tertiary/aromatic N) is 1. The molecule has 2 heterocycles. The molecule has 1 aromatic rings. The van der Waals surface area contributed by atoms with Crippen LogP contribution in [0.5, 0.6) is 0 Å². The van der Waals surface area contributed by atoms with E-state index in [9.17, 15) is 9.59 Å². The molecule has 1 atom stereocenters. The molecule has 20 heavy (non-hydrogen) atoms. The molecule has 7 heteroatoms. The molecule has 0 spiro atoms. The molecule has 2 N–H and O–H groups in total. The maximum Gasteiger partial charge on any atom is 0.327 e. The Morgan fingerprint density at radius 1 is 1.55 bits per heavy atom. The molecule has 1 aromatic heterocycles. The number of nitrogens with one attached hydrogen (secondary N) is 1. The molecule has 5 nitrogen and oxygen atoms in total. The van der Waals surface area contributed by atoms with Crippen molar-refractivity contribution in [2.24, 2.45) is 0 Å². The summed E-state index contributed by atoms with van der Waals surface area (Å²) in [5.74, 6) is -0.0538. The van der Waals surface area contributed by atoms with E-state index in [4.69, 9.17) is 5.11 Å². The van der Waals surface area contributed by atoms with Gasteiger partial charge in [0.15, 0.2) is 0 Å². The zero-order valence-electron chi connectivity index (χ0n) is 11.5. The smallest absolute Gasteiger partial charge is 0.327 e. The van der Waals surface area contributed by atoms with Crippen LogP contribution in [0.4, 0.5) is 4.79 Å². The minimum atomic E-state index is -0.942. The largest absolute Gasteiger partial charge is 0.480 e. The molecule has 110 valence electrons. The predicted molar refractivity (Wildman–Crippen MR) is 81.3 cm³/mol. The number of carbonyl (C=O) groups is 2. The van der Waals surface area contributed by atoms with Gasteiger partial charge in [0.25, 0.3) is 0 Å². The van der Waals surface area contributed by atoms with Crippen LogP contribution in [-0.2, 0) is 10.2 Å². The van der Waals surface area contributed by atoms with Crippen molar-refractivity contribution in [3.63, 3.8) is 0 Å². The lowest BCUT2D eigenvalue weighted by atomic mass is 9.91. The van der Waals surface area contributed by atoms with Crippen LogP contribution in [0.3, 0.4) is 0 Å². The van der Waals surface area contributed by atoms with Crippen LogP contribution < -0.4 is 5.32 Å². The van der Waals surface area contributed by atoms with E-state index in [1.54, 1.807) is 11.3 Å². The van der Waals surface area contributed by atoms with Crippen LogP contribution in [0.1, 0.15) is 18.7 Å². The van der Waals surface area contributed by atoms with Crippen LogP contribution in [-0.4, -0.2) is 46.2 Å². The zero-order valence-corrected chi connectivity index (χ0v) is 13.1. The number of carboxylic acid groups (broad SMARTS) is 1. The Hall–Kier alpha value is -1.21. The number of hydrogen-bond donors (Lipinski definition) is 2. The second-order valence-corrected chi connectivity index (χ2v) is 7.29. The van der Waals surface area contributed by atoms with Gasteiger partial charge in [0, 0.05) is 22.6 Å². The van der Waals surface area contributed by atoms with E-state index in [0.29, 0.717) is 18.2 Å². The van der Waals surface area contributed by atoms with Crippen molar-refractivity contribution in [3.8, 4) is 0 Å². The number of thioether (sulfide) groups is 1. The molecule has 1 aliphatic heterocycles. The molecular weight excluding hydrogens is 296 g/mol. The average molecular weight is 314 g/mol. The molecule has 1 fully saturated rings. The van der Waals surface area contributed by atoms with Gasteiger partial charge in [-0.3, -0.25) is 0 Å². The van der Waals surface area contributed by atoms with Crippen molar-refractivity contribution in [2.75, 3.05) is 18.2 Å². The lowest BCUT2D eigenvalue weighted by Gasteiger charge is -2.27. The fraction of sp³-hybridized carbons (Fsp3) is 0.538. The average Bonchev–Trinajstić information content (AvgIpc) is 3.06. The van der Waals surface area contributed by atoms with Crippen molar-refractivity contribution < 1.29 is 14.7 Å². The molecule has 1 aliphatic rings. The van der Waals surface area contributed by atoms with E-state index in [-0.39, 0.29) is 11.4 Å². The number of hydrogen-bond acceptors (Lipinski definition) is 4. The van der Waals surface area contributed by atoms with Gasteiger partial charge in [-0.15, -0.1) is 23.1 Å². The van der Waals surface area contributed by atoms with Gasteiger partial charge >= 0.3 is 12.0 Å². The van der Waals surface area contributed by atoms with E-state index in [2.05, 4.69) is 19.2 Å². The summed E-state index contributed by atoms with van der Waals surface area (Å²) in [6.45, 7) is 4.61. The fourth-order valence-electron chi connectivity index (χ4n) is 2.00. The lowest BCUT2D eigenvalue weighted by molar-refractivity contribution is -0.140. The number of carboxylic acids is 1. The highest BCUT2D eigenvalue weighted by molar-refractivity contribution is 7.99. The van der Waals surface area contributed by atoms with E-state index < -0.39 is 12.0 Å². The first kappa shape index (κ1) is 15.2. The molecule has 0 aromatic carbocycles. The Labute approximate surface area is 126 Å². The van der Waals surface area contributed by atoms with Crippen molar-refractivity contribution in [1.29, 1.82) is 0 Å². The molecular formula is C13H18N2O3S2. The first-order chi connectivity index (χ1) is 9.42. The summed E-state index contributed by atoms with van der Waals surface area (Å²) >= 11 is 3.12. The summed E-state index contributed by atoms with van der Waals surface area (Å²) in [7, 11) is 0. The predicted octanol–water partition coefficient (Wildman–Crippen LogP) is 2.19. The first-order valence-corrected chi connectivity index (χ1v) is 8.34. The van der Waals surface area contributed by atoms with Gasteiger partial charge < -0.3 is 15.3 Å². The number of carbonyl (C=O) groups excluding carboxylic acids is 1. The summed E-state index contributed by atoms with van der Waals surface area (Å²) in [5.41, 5.74) is -0.157. The van der Waals surface area contributed by atoms with Crippen molar-refractivity contribution >= 4 is 35.1 Å². The number of rotatable bonds is 4. The van der Waals surface area contributed by atoms with Gasteiger partial charge in [0.2, 0.25) is 0 Å². The molecule has 2 rings (SSSR count). The first-order valence-electron chi connectivity index (χ1n) is 6.31. The Morgan fingerprint density at radius 2 is 2.30 bits per heavy atom. The van der Waals surface area contributed by atoms with E-state index >= 15 is 0 Å². The third-order valence-corrected chi connectivity index (χ3v) is 5.55. The maximum absolute atomic E-state index is 12.1. The minimum Gasteiger partial charge on any atom is -0.480 e. The van der Waals surface area contributed by atoms with Crippen LogP contribution >= 0.6 is 23.1 Å². The standard InChI is InChI=1S/C13H18N2O3S2/c1-13(2,10-4-3-5-20-10)7-14-12(18)15-8-19-6-9(15)11(16)17/h3-5,9H,6-8H2,1-2H3,(H,14,18)(H,16,17). The topological polar surface area (TPSA) is 69.6 Å². The minimum absolute atomic E-state index is 0.157. The van der Waals surface area contributed by atoms with Gasteiger partial charge in [-0.1, -0.05) is 19.9 Å². The van der Waals surface area contributed by atoms with E-state index in [0.717, 1.165) is 0 Å². The second kappa shape index (κ2) is 6.05. The number of amides is 2. The van der Waals surface area contributed by atoms with Crippen LogP contribution in [0, 0.1) is 0 Å². The molecule has 0 saturated carbocycles. The normalized spacial score (nSPS) is 19.1. The van der Waals surface area contributed by atoms with Gasteiger partial charge in [0.05, 0.1) is 5.88 Å². The van der Waals surface area contributed by atoms with Crippen LogP contribution in [0.15, 0.2) is 17.5 Å². The molecule has 1 saturated heterocycles. The third-order valence-electron chi connectivity index (χ3n) is 3.30. The van der Waals surface area contributed by atoms with Crippen molar-refractivity contribution in [1.82, 2.24) is 10.2 Å². The van der Waals surface area contributed by atoms with Crippen molar-refractivity contribution in [2.45, 2.75) is 25.3 Å². The Bertz CT molecular complexity index is 488. The summed E-state index contributed by atoms with van der Waals surface area (Å²) in [6.07, 6.45) is 0. The second-order valence-electron chi connectivity index (χ2n) is 5.34. The van der Waals surface area contributed by atoms with E-state index in [1.807, 2.05) is 17.5 Å². The van der Waals surface area contributed by atoms with Gasteiger partial charge in [-0.05, 0) is 11.4 Å². The molecule has 0 bridgehead atoms. The number of aliphatic carboxylic acids is 1. The quantitative estimate of drug-likeness (QED) is 0.894. The third kappa shape index (κ3) is 3.27. The molecule has 0 radical (unpaired) electrons. The van der Waals surface area contributed by atoms with Crippen molar-refractivity contribution in [3.05, 3.63) is 22.4 Å². The summed E-state index contributed by atoms with van der Waals surface area (Å²) in [5, 5.41) is 13.9. The number of urea groups is 1. The Kier molecular flexibility index (Phi) is 4.59. The summed E-state index contributed by atoms with van der Waals surface area (Å²) < 4.78 is 0. The molecule has 0 aliphatic carbocycles. The monoisotopic (exact) mass is 314 g/mol. The Balaban J connectivity index is 1.94. The molecule has 1 unspecified atom stereocenters. The van der Waals surface area contributed by atoms with Gasteiger partial charge in [-0.2, -0.15) is 0 Å². The summed E-state index contributed by atoms with van der Waals surface area (Å²) in [6, 6.07) is 3.01. The Morgan fingerprint density at radius 3 is 2.90 bits per heavy atom. The highest BCUT2D eigenvalue weighted by atomic mass is 32.2. The van der Waals surface area contributed by atoms with Gasteiger partial charge in [-0.25, -0.2) is 9.59 Å². The zero-order chi connectivity index (χ0) is 14.8. The number of thiophene rings is 1. The highest BCUT2D eigenvalue weighted by Gasteiger charge is 2.35. The lowest BCUT2D eigenvalue weighted by Crippen LogP contribution is -2.49. The van der Waals surface area contributed by atoms with Crippen LogP contribution in [0.2, 0.25) is 0 Å².